The third kappa shape index (κ3) is 5.99. The Balaban J connectivity index is 1.50. The number of pyridine rings is 1. The van der Waals surface area contributed by atoms with Gasteiger partial charge >= 0.3 is 0 Å². The molecular weight excluding hydrogens is 252 g/mol. The van der Waals surface area contributed by atoms with Crippen LogP contribution in [0.1, 0.15) is 37.7 Å². The van der Waals surface area contributed by atoms with Crippen LogP contribution in [-0.4, -0.2) is 42.0 Å². The number of rotatable bonds is 8. The molecule has 0 bridgehead atoms. The van der Waals surface area contributed by atoms with Gasteiger partial charge in [0.15, 0.2) is 0 Å². The zero-order chi connectivity index (χ0) is 14.0. The Morgan fingerprint density at radius 3 is 2.95 bits per heavy atom. The fraction of sp³-hybridized carbons (Fsp3) is 0.688. The van der Waals surface area contributed by atoms with E-state index in [9.17, 15) is 5.11 Å². The van der Waals surface area contributed by atoms with Crippen molar-refractivity contribution in [1.29, 1.82) is 0 Å². The number of ether oxygens (including phenoxy) is 1. The van der Waals surface area contributed by atoms with Gasteiger partial charge in [0, 0.05) is 18.9 Å². The molecule has 1 fully saturated rings. The summed E-state index contributed by atoms with van der Waals surface area (Å²) in [5, 5.41) is 13.1. The summed E-state index contributed by atoms with van der Waals surface area (Å²) in [5.74, 6) is 0. The first-order valence-corrected chi connectivity index (χ1v) is 7.74. The highest BCUT2D eigenvalue weighted by Gasteiger charge is 2.15. The third-order valence-corrected chi connectivity index (χ3v) is 3.77. The molecule has 2 N–H and O–H groups in total. The van der Waals surface area contributed by atoms with E-state index < -0.39 is 6.10 Å². The van der Waals surface area contributed by atoms with E-state index >= 15 is 0 Å². The molecule has 112 valence electrons. The lowest BCUT2D eigenvalue weighted by Gasteiger charge is -2.23. The van der Waals surface area contributed by atoms with Crippen molar-refractivity contribution in [3.63, 3.8) is 0 Å². The second kappa shape index (κ2) is 9.06. The van der Waals surface area contributed by atoms with Gasteiger partial charge < -0.3 is 15.2 Å². The van der Waals surface area contributed by atoms with Gasteiger partial charge in [0.05, 0.1) is 18.8 Å². The van der Waals surface area contributed by atoms with Crippen molar-refractivity contribution in [3.8, 4) is 0 Å². The average molecular weight is 278 g/mol. The van der Waals surface area contributed by atoms with Crippen molar-refractivity contribution in [2.45, 2.75) is 50.7 Å². The van der Waals surface area contributed by atoms with Gasteiger partial charge in [-0.15, -0.1) is 0 Å². The maximum atomic E-state index is 9.88. The van der Waals surface area contributed by atoms with Crippen LogP contribution >= 0.6 is 0 Å². The first-order chi connectivity index (χ1) is 9.84. The third-order valence-electron chi connectivity index (χ3n) is 3.77. The topological polar surface area (TPSA) is 54.4 Å². The van der Waals surface area contributed by atoms with Crippen molar-refractivity contribution < 1.29 is 9.84 Å². The van der Waals surface area contributed by atoms with Crippen molar-refractivity contribution in [1.82, 2.24) is 10.3 Å². The number of aromatic nitrogens is 1. The van der Waals surface area contributed by atoms with Gasteiger partial charge in [-0.3, -0.25) is 4.98 Å². The summed E-state index contributed by atoms with van der Waals surface area (Å²) in [6, 6.07) is 4.01. The summed E-state index contributed by atoms with van der Waals surface area (Å²) >= 11 is 0. The van der Waals surface area contributed by atoms with Gasteiger partial charge in [-0.1, -0.05) is 25.3 Å². The molecule has 1 aliphatic rings. The highest BCUT2D eigenvalue weighted by molar-refractivity contribution is 5.08. The molecule has 0 aliphatic heterocycles. The average Bonchev–Trinajstić information content (AvgIpc) is 2.52. The summed E-state index contributed by atoms with van der Waals surface area (Å²) in [6.07, 6.45) is 10.7. The van der Waals surface area contributed by atoms with Crippen LogP contribution in [0.25, 0.3) is 0 Å². The van der Waals surface area contributed by atoms with Gasteiger partial charge in [0.25, 0.3) is 0 Å². The van der Waals surface area contributed by atoms with Gasteiger partial charge in [-0.05, 0) is 37.4 Å². The van der Waals surface area contributed by atoms with Crippen LogP contribution in [0, 0.1) is 0 Å². The normalized spacial score (nSPS) is 18.1. The molecule has 0 aromatic carbocycles. The van der Waals surface area contributed by atoms with Crippen molar-refractivity contribution in [2.24, 2.45) is 0 Å². The Labute approximate surface area is 121 Å². The van der Waals surface area contributed by atoms with E-state index in [1.807, 2.05) is 12.3 Å². The van der Waals surface area contributed by atoms with Gasteiger partial charge in [0.2, 0.25) is 0 Å². The maximum Gasteiger partial charge on any atom is 0.0897 e. The lowest BCUT2D eigenvalue weighted by atomic mass is 9.98. The number of nitrogens with zero attached hydrogens (tertiary/aromatic N) is 1. The van der Waals surface area contributed by atoms with Gasteiger partial charge in [-0.25, -0.2) is 0 Å². The lowest BCUT2D eigenvalue weighted by Crippen LogP contribution is -2.33. The molecule has 1 heterocycles. The van der Waals surface area contributed by atoms with E-state index in [4.69, 9.17) is 4.74 Å². The molecule has 1 aliphatic carbocycles. The molecule has 0 amide bonds. The highest BCUT2D eigenvalue weighted by Crippen LogP contribution is 2.20. The molecule has 4 heteroatoms. The Hall–Kier alpha value is -0.970. The number of aliphatic hydroxyl groups excluding tert-OH is 1. The summed E-state index contributed by atoms with van der Waals surface area (Å²) in [4.78, 5) is 4.08. The Morgan fingerprint density at radius 2 is 2.20 bits per heavy atom. The largest absolute Gasteiger partial charge is 0.389 e. The summed E-state index contributed by atoms with van der Waals surface area (Å²) in [7, 11) is 0. The maximum absolute atomic E-state index is 9.88. The summed E-state index contributed by atoms with van der Waals surface area (Å²) < 4.78 is 5.76. The van der Waals surface area contributed by atoms with E-state index in [1.165, 1.54) is 24.8 Å². The van der Waals surface area contributed by atoms with Crippen LogP contribution in [0.15, 0.2) is 24.5 Å². The molecule has 1 aromatic rings. The van der Waals surface area contributed by atoms with Crippen LogP contribution in [0.3, 0.4) is 0 Å². The van der Waals surface area contributed by atoms with Crippen molar-refractivity contribution >= 4 is 0 Å². The summed E-state index contributed by atoms with van der Waals surface area (Å²) in [6.45, 7) is 1.89. The predicted octanol–water partition coefficient (Wildman–Crippen LogP) is 1.92. The fourth-order valence-corrected chi connectivity index (χ4v) is 2.59. The van der Waals surface area contributed by atoms with E-state index in [1.54, 1.807) is 6.20 Å². The first-order valence-electron chi connectivity index (χ1n) is 7.74. The minimum absolute atomic E-state index is 0.369. The Morgan fingerprint density at radius 1 is 1.35 bits per heavy atom. The van der Waals surface area contributed by atoms with Gasteiger partial charge in [-0.2, -0.15) is 0 Å². The van der Waals surface area contributed by atoms with E-state index in [-0.39, 0.29) is 0 Å². The molecule has 1 aromatic heterocycles. The molecule has 20 heavy (non-hydrogen) atoms. The van der Waals surface area contributed by atoms with Gasteiger partial charge in [0.1, 0.15) is 0 Å². The van der Waals surface area contributed by atoms with Crippen LogP contribution in [0.2, 0.25) is 0 Å². The monoisotopic (exact) mass is 278 g/mol. The molecule has 0 spiro atoms. The SMILES string of the molecule is OC(CNCCc1cccnc1)COC1CCCCC1. The molecular formula is C16H26N2O2. The number of hydrogen-bond acceptors (Lipinski definition) is 4. The molecule has 1 unspecified atom stereocenters. The van der Waals surface area contributed by atoms with E-state index in [0.717, 1.165) is 25.8 Å². The van der Waals surface area contributed by atoms with Crippen molar-refractivity contribution in [3.05, 3.63) is 30.1 Å². The predicted molar refractivity (Wildman–Crippen MR) is 79.6 cm³/mol. The zero-order valence-corrected chi connectivity index (χ0v) is 12.1. The molecule has 2 rings (SSSR count). The first kappa shape index (κ1) is 15.4. The number of aliphatic hydroxyl groups is 1. The standard InChI is InChI=1S/C16H26N2O2/c19-15(13-20-16-6-2-1-3-7-16)12-18-10-8-14-5-4-9-17-11-14/h4-5,9,11,15-16,18-19H,1-3,6-8,10,12-13H2. The molecule has 0 saturated heterocycles. The van der Waals surface area contributed by atoms with Crippen LogP contribution in [-0.2, 0) is 11.2 Å². The molecule has 1 saturated carbocycles. The van der Waals surface area contributed by atoms with Crippen LogP contribution < -0.4 is 5.32 Å². The van der Waals surface area contributed by atoms with Crippen LogP contribution in [0.5, 0.6) is 0 Å². The van der Waals surface area contributed by atoms with E-state index in [2.05, 4.69) is 16.4 Å². The second-order valence-electron chi connectivity index (χ2n) is 5.56. The quantitative estimate of drug-likeness (QED) is 0.713. The highest BCUT2D eigenvalue weighted by atomic mass is 16.5. The zero-order valence-electron chi connectivity index (χ0n) is 12.1. The summed E-state index contributed by atoms with van der Waals surface area (Å²) in [5.41, 5.74) is 1.22. The second-order valence-corrected chi connectivity index (χ2v) is 5.56. The molecule has 4 nitrogen and oxygen atoms in total. The minimum Gasteiger partial charge on any atom is -0.389 e. The van der Waals surface area contributed by atoms with E-state index in [0.29, 0.717) is 19.3 Å². The smallest absolute Gasteiger partial charge is 0.0897 e. The molecule has 1 atom stereocenters. The fourth-order valence-electron chi connectivity index (χ4n) is 2.59. The molecule has 0 radical (unpaired) electrons. The Kier molecular flexibility index (Phi) is 6.98. The number of nitrogens with one attached hydrogen (secondary N) is 1. The lowest BCUT2D eigenvalue weighted by molar-refractivity contribution is -0.0228. The van der Waals surface area contributed by atoms with Crippen LogP contribution in [0.4, 0.5) is 0 Å². The van der Waals surface area contributed by atoms with Crippen molar-refractivity contribution in [2.75, 3.05) is 19.7 Å². The Bertz CT molecular complexity index is 353. The minimum atomic E-state index is -0.411. The number of hydrogen-bond donors (Lipinski definition) is 2.